The smallest absolute Gasteiger partial charge is 0.315 e. The molecule has 1 atom stereocenters. The summed E-state index contributed by atoms with van der Waals surface area (Å²) in [5.74, 6) is 0.136. The van der Waals surface area contributed by atoms with Gasteiger partial charge in [-0.3, -0.25) is 4.79 Å². The molecule has 2 aromatic carbocycles. The van der Waals surface area contributed by atoms with Crippen molar-refractivity contribution >= 4 is 11.9 Å². The summed E-state index contributed by atoms with van der Waals surface area (Å²) in [6.07, 6.45) is 0. The van der Waals surface area contributed by atoms with E-state index in [1.807, 2.05) is 12.1 Å². The van der Waals surface area contributed by atoms with Gasteiger partial charge in [-0.05, 0) is 35.4 Å². The SMILES string of the molecule is O=C1NC[C@@H](C(=O)NCc2ccc(OCc3cccc(F)c3)cc2)N1. The summed E-state index contributed by atoms with van der Waals surface area (Å²) in [5, 5.41) is 7.83. The van der Waals surface area contributed by atoms with Crippen molar-refractivity contribution in [3.05, 3.63) is 65.5 Å². The number of benzene rings is 2. The maximum atomic E-state index is 13.1. The van der Waals surface area contributed by atoms with Crippen molar-refractivity contribution in [3.63, 3.8) is 0 Å². The fraction of sp³-hybridized carbons (Fsp3) is 0.222. The van der Waals surface area contributed by atoms with Crippen LogP contribution in [-0.2, 0) is 17.9 Å². The molecule has 7 heteroatoms. The largest absolute Gasteiger partial charge is 0.489 e. The second-order valence-corrected chi connectivity index (χ2v) is 5.69. The quantitative estimate of drug-likeness (QED) is 0.747. The molecule has 0 aromatic heterocycles. The maximum absolute atomic E-state index is 13.1. The molecule has 1 heterocycles. The highest BCUT2D eigenvalue weighted by molar-refractivity contribution is 5.90. The lowest BCUT2D eigenvalue weighted by atomic mass is 10.2. The van der Waals surface area contributed by atoms with Gasteiger partial charge in [0.1, 0.15) is 24.2 Å². The van der Waals surface area contributed by atoms with Crippen molar-refractivity contribution in [3.8, 4) is 5.75 Å². The molecule has 0 saturated carbocycles. The highest BCUT2D eigenvalue weighted by atomic mass is 19.1. The van der Waals surface area contributed by atoms with Gasteiger partial charge in [0.2, 0.25) is 5.91 Å². The van der Waals surface area contributed by atoms with Crippen molar-refractivity contribution in [1.29, 1.82) is 0 Å². The van der Waals surface area contributed by atoms with E-state index >= 15 is 0 Å². The third-order valence-corrected chi connectivity index (χ3v) is 3.77. The number of carbonyl (C=O) groups is 2. The van der Waals surface area contributed by atoms with Crippen LogP contribution in [0.3, 0.4) is 0 Å². The Balaban J connectivity index is 1.47. The van der Waals surface area contributed by atoms with Crippen LogP contribution in [0.1, 0.15) is 11.1 Å². The maximum Gasteiger partial charge on any atom is 0.315 e. The summed E-state index contributed by atoms with van der Waals surface area (Å²) in [6.45, 7) is 0.926. The number of rotatable bonds is 6. The van der Waals surface area contributed by atoms with Gasteiger partial charge in [-0.15, -0.1) is 0 Å². The zero-order chi connectivity index (χ0) is 17.6. The van der Waals surface area contributed by atoms with Crippen molar-refractivity contribution in [2.45, 2.75) is 19.2 Å². The van der Waals surface area contributed by atoms with Gasteiger partial charge in [0.05, 0.1) is 0 Å². The van der Waals surface area contributed by atoms with Gasteiger partial charge in [0.25, 0.3) is 0 Å². The van der Waals surface area contributed by atoms with E-state index in [1.54, 1.807) is 24.3 Å². The molecule has 0 aliphatic carbocycles. The van der Waals surface area contributed by atoms with Crippen LogP contribution >= 0.6 is 0 Å². The first kappa shape index (κ1) is 16.8. The Bertz CT molecular complexity index is 764. The molecule has 2 aromatic rings. The molecule has 3 amide bonds. The van der Waals surface area contributed by atoms with E-state index in [0.29, 0.717) is 12.3 Å². The Labute approximate surface area is 144 Å². The first-order valence-electron chi connectivity index (χ1n) is 7.88. The Hall–Kier alpha value is -3.09. The van der Waals surface area contributed by atoms with Crippen molar-refractivity contribution < 1.29 is 18.7 Å². The van der Waals surface area contributed by atoms with Gasteiger partial charge in [-0.1, -0.05) is 24.3 Å². The predicted molar refractivity (Wildman–Crippen MR) is 89.3 cm³/mol. The van der Waals surface area contributed by atoms with Crippen LogP contribution in [0, 0.1) is 5.82 Å². The second-order valence-electron chi connectivity index (χ2n) is 5.69. The molecule has 0 radical (unpaired) electrons. The van der Waals surface area contributed by atoms with Gasteiger partial charge in [-0.2, -0.15) is 0 Å². The first-order chi connectivity index (χ1) is 12.1. The number of carbonyl (C=O) groups excluding carboxylic acids is 2. The molecule has 0 bridgehead atoms. The van der Waals surface area contributed by atoms with Gasteiger partial charge in [-0.25, -0.2) is 9.18 Å². The van der Waals surface area contributed by atoms with E-state index in [2.05, 4.69) is 16.0 Å². The number of hydrogen-bond donors (Lipinski definition) is 3. The molecule has 3 N–H and O–H groups in total. The molecule has 130 valence electrons. The van der Waals surface area contributed by atoms with Crippen molar-refractivity contribution in [1.82, 2.24) is 16.0 Å². The minimum absolute atomic E-state index is 0.232. The van der Waals surface area contributed by atoms with Crippen molar-refractivity contribution in [2.75, 3.05) is 6.54 Å². The molecule has 1 saturated heterocycles. The third-order valence-electron chi connectivity index (χ3n) is 3.77. The van der Waals surface area contributed by atoms with E-state index in [4.69, 9.17) is 4.74 Å². The lowest BCUT2D eigenvalue weighted by Gasteiger charge is -2.11. The van der Waals surface area contributed by atoms with E-state index < -0.39 is 6.04 Å². The summed E-state index contributed by atoms with van der Waals surface area (Å²) in [6, 6.07) is 12.6. The molecule has 1 fully saturated rings. The predicted octanol–water partition coefficient (Wildman–Crippen LogP) is 1.70. The van der Waals surface area contributed by atoms with Crippen LogP contribution in [0.25, 0.3) is 0 Å². The highest BCUT2D eigenvalue weighted by Crippen LogP contribution is 2.14. The number of nitrogens with one attached hydrogen (secondary N) is 3. The van der Waals surface area contributed by atoms with Crippen LogP contribution in [-0.4, -0.2) is 24.5 Å². The lowest BCUT2D eigenvalue weighted by Crippen LogP contribution is -2.42. The number of hydrogen-bond acceptors (Lipinski definition) is 3. The number of halogens is 1. The fourth-order valence-corrected chi connectivity index (χ4v) is 2.42. The van der Waals surface area contributed by atoms with E-state index in [1.165, 1.54) is 12.1 Å². The van der Waals surface area contributed by atoms with E-state index in [-0.39, 0.29) is 30.9 Å². The van der Waals surface area contributed by atoms with Gasteiger partial charge < -0.3 is 20.7 Å². The summed E-state index contributed by atoms with van der Waals surface area (Å²) < 4.78 is 18.7. The zero-order valence-electron chi connectivity index (χ0n) is 13.4. The Morgan fingerprint density at radius 3 is 2.68 bits per heavy atom. The molecule has 1 aliphatic rings. The van der Waals surface area contributed by atoms with Crippen LogP contribution < -0.4 is 20.7 Å². The average molecular weight is 343 g/mol. The van der Waals surface area contributed by atoms with Crippen LogP contribution in [0.5, 0.6) is 5.75 Å². The topological polar surface area (TPSA) is 79.5 Å². The minimum Gasteiger partial charge on any atom is -0.489 e. The normalized spacial score (nSPS) is 16.0. The average Bonchev–Trinajstić information content (AvgIpc) is 3.05. The standard InChI is InChI=1S/C18H18FN3O3/c19-14-3-1-2-13(8-14)11-25-15-6-4-12(5-7-15)9-20-17(23)16-10-21-18(24)22-16/h1-8,16H,9-11H2,(H,20,23)(H2,21,22,24)/t16-/m0/s1. The van der Waals surface area contributed by atoms with Crippen LogP contribution in [0.2, 0.25) is 0 Å². The number of amides is 3. The van der Waals surface area contributed by atoms with Gasteiger partial charge >= 0.3 is 6.03 Å². The fourth-order valence-electron chi connectivity index (χ4n) is 2.42. The van der Waals surface area contributed by atoms with Gasteiger partial charge in [0, 0.05) is 13.1 Å². The van der Waals surface area contributed by atoms with E-state index in [0.717, 1.165) is 11.1 Å². The lowest BCUT2D eigenvalue weighted by molar-refractivity contribution is -0.122. The Kier molecular flexibility index (Phi) is 5.13. The molecule has 1 aliphatic heterocycles. The molecular weight excluding hydrogens is 325 g/mol. The molecule has 0 spiro atoms. The third kappa shape index (κ3) is 4.69. The molecule has 6 nitrogen and oxygen atoms in total. The monoisotopic (exact) mass is 343 g/mol. The minimum atomic E-state index is -0.540. The number of ether oxygens (including phenoxy) is 1. The summed E-state index contributed by atoms with van der Waals surface area (Å²) in [7, 11) is 0. The summed E-state index contributed by atoms with van der Waals surface area (Å²) >= 11 is 0. The first-order valence-corrected chi connectivity index (χ1v) is 7.88. The number of urea groups is 1. The Morgan fingerprint density at radius 2 is 2.00 bits per heavy atom. The van der Waals surface area contributed by atoms with Gasteiger partial charge in [0.15, 0.2) is 0 Å². The molecule has 0 unspecified atom stereocenters. The molecule has 25 heavy (non-hydrogen) atoms. The highest BCUT2D eigenvalue weighted by Gasteiger charge is 2.26. The molecular formula is C18H18FN3O3. The molecule has 3 rings (SSSR count). The van der Waals surface area contributed by atoms with E-state index in [9.17, 15) is 14.0 Å². The summed E-state index contributed by atoms with van der Waals surface area (Å²) in [5.41, 5.74) is 1.66. The zero-order valence-corrected chi connectivity index (χ0v) is 13.4. The Morgan fingerprint density at radius 1 is 1.20 bits per heavy atom. The van der Waals surface area contributed by atoms with Crippen LogP contribution in [0.15, 0.2) is 48.5 Å². The van der Waals surface area contributed by atoms with Crippen LogP contribution in [0.4, 0.5) is 9.18 Å². The van der Waals surface area contributed by atoms with Crippen molar-refractivity contribution in [2.24, 2.45) is 0 Å². The summed E-state index contributed by atoms with van der Waals surface area (Å²) in [4.78, 5) is 22.9. The second kappa shape index (κ2) is 7.65.